The third-order valence-corrected chi connectivity index (χ3v) is 6.02. The summed E-state index contributed by atoms with van der Waals surface area (Å²) < 4.78 is 11.0. The Morgan fingerprint density at radius 2 is 1.97 bits per heavy atom. The third-order valence-electron chi connectivity index (χ3n) is 6.02. The van der Waals surface area contributed by atoms with Crippen LogP contribution in [0, 0.1) is 0 Å². The van der Waals surface area contributed by atoms with Crippen molar-refractivity contribution in [2.45, 2.75) is 12.8 Å². The summed E-state index contributed by atoms with van der Waals surface area (Å²) in [5.41, 5.74) is 9.44. The summed E-state index contributed by atoms with van der Waals surface area (Å²) in [6, 6.07) is 13.7. The largest absolute Gasteiger partial charge is 0.497 e. The van der Waals surface area contributed by atoms with E-state index in [-0.39, 0.29) is 5.91 Å². The van der Waals surface area contributed by atoms with Gasteiger partial charge in [-0.25, -0.2) is 0 Å². The van der Waals surface area contributed by atoms with E-state index in [1.165, 1.54) is 5.69 Å². The molecule has 0 aliphatic carbocycles. The molecule has 0 bridgehead atoms. The second-order valence-corrected chi connectivity index (χ2v) is 8.25. The number of carbonyl (C=O) groups is 1. The van der Waals surface area contributed by atoms with Crippen molar-refractivity contribution in [3.63, 3.8) is 0 Å². The molecule has 1 fully saturated rings. The zero-order valence-corrected chi connectivity index (χ0v) is 18.7. The number of hydrogen-bond acceptors (Lipinski definition) is 6. The highest BCUT2D eigenvalue weighted by atomic mass is 16.5. The minimum absolute atomic E-state index is 0.0609. The van der Waals surface area contributed by atoms with Gasteiger partial charge in [0, 0.05) is 49.7 Å². The maximum atomic E-state index is 12.5. The summed E-state index contributed by atoms with van der Waals surface area (Å²) in [5.74, 6) is 1.46. The van der Waals surface area contributed by atoms with E-state index in [1.54, 1.807) is 7.11 Å². The van der Waals surface area contributed by atoms with Gasteiger partial charge in [0.25, 0.3) is 5.91 Å². The predicted molar refractivity (Wildman–Crippen MR) is 128 cm³/mol. The molecule has 2 aromatic rings. The number of ether oxygens (including phenoxy) is 2. The number of nitrogens with one attached hydrogen (secondary N) is 1. The van der Waals surface area contributed by atoms with E-state index in [0.29, 0.717) is 18.7 Å². The first kappa shape index (κ1) is 22.0. The number of nitrogens with two attached hydrogens (primary N) is 1. The second-order valence-electron chi connectivity index (χ2n) is 8.25. The lowest BCUT2D eigenvalue weighted by Gasteiger charge is -2.36. The molecule has 3 N–H and O–H groups in total. The zero-order valence-electron chi connectivity index (χ0n) is 18.7. The summed E-state index contributed by atoms with van der Waals surface area (Å²) in [6.45, 7) is 6.15. The smallest absolute Gasteiger partial charge is 0.250 e. The highest BCUT2D eigenvalue weighted by Gasteiger charge is 2.18. The maximum absolute atomic E-state index is 12.5. The molecular formula is C25H32N4O3. The summed E-state index contributed by atoms with van der Waals surface area (Å²) in [7, 11) is 1.63. The lowest BCUT2D eigenvalue weighted by Crippen LogP contribution is -2.46. The number of hydrogen-bond donors (Lipinski definition) is 2. The molecule has 170 valence electrons. The van der Waals surface area contributed by atoms with Crippen molar-refractivity contribution in [3.8, 4) is 11.5 Å². The van der Waals surface area contributed by atoms with Crippen LogP contribution >= 0.6 is 0 Å². The molecule has 0 aromatic heterocycles. The minimum Gasteiger partial charge on any atom is -0.497 e. The number of piperazine rings is 1. The zero-order chi connectivity index (χ0) is 22.3. The quantitative estimate of drug-likeness (QED) is 0.489. The Morgan fingerprint density at radius 1 is 1.12 bits per heavy atom. The Hall–Kier alpha value is -3.19. The van der Waals surface area contributed by atoms with Gasteiger partial charge in [0.15, 0.2) is 0 Å². The fraction of sp³-hybridized carbons (Fsp3) is 0.400. The van der Waals surface area contributed by atoms with E-state index in [0.717, 1.165) is 68.3 Å². The summed E-state index contributed by atoms with van der Waals surface area (Å²) >= 11 is 0. The van der Waals surface area contributed by atoms with E-state index >= 15 is 0 Å². The molecule has 2 aliphatic rings. The lowest BCUT2D eigenvalue weighted by atomic mass is 10.1. The fourth-order valence-electron chi connectivity index (χ4n) is 4.14. The van der Waals surface area contributed by atoms with E-state index < -0.39 is 0 Å². The molecule has 2 aromatic carbocycles. The molecule has 4 rings (SSSR count). The first-order valence-corrected chi connectivity index (χ1v) is 11.2. The molecule has 0 unspecified atom stereocenters. The van der Waals surface area contributed by atoms with E-state index in [4.69, 9.17) is 15.2 Å². The summed E-state index contributed by atoms with van der Waals surface area (Å²) in [6.07, 6.45) is 3.91. The molecule has 0 spiro atoms. The van der Waals surface area contributed by atoms with Gasteiger partial charge in [-0.05, 0) is 61.9 Å². The van der Waals surface area contributed by atoms with Crippen molar-refractivity contribution >= 4 is 23.4 Å². The van der Waals surface area contributed by atoms with Crippen molar-refractivity contribution in [2.75, 3.05) is 63.6 Å². The topological polar surface area (TPSA) is 80.1 Å². The van der Waals surface area contributed by atoms with Gasteiger partial charge in [0.2, 0.25) is 0 Å². The van der Waals surface area contributed by atoms with E-state index in [2.05, 4.69) is 21.2 Å². The second kappa shape index (κ2) is 10.4. The number of rotatable bonds is 8. The highest BCUT2D eigenvalue weighted by molar-refractivity contribution is 5.99. The number of unbranched alkanes of at least 4 members (excludes halogenated alkanes) is 1. The normalized spacial score (nSPS) is 16.0. The van der Waals surface area contributed by atoms with Crippen molar-refractivity contribution in [3.05, 3.63) is 53.6 Å². The van der Waals surface area contributed by atoms with Crippen LogP contribution in [-0.2, 0) is 4.79 Å². The van der Waals surface area contributed by atoms with Crippen LogP contribution in [0.5, 0.6) is 11.5 Å². The minimum atomic E-state index is -0.0609. The van der Waals surface area contributed by atoms with Crippen LogP contribution in [0.2, 0.25) is 0 Å². The average Bonchev–Trinajstić information content (AvgIpc) is 2.83. The highest BCUT2D eigenvalue weighted by Crippen LogP contribution is 2.29. The SMILES string of the molecule is COc1ccc2c(c1)C=C(C(=O)NCCCCN1CCN(c3cccc(N)c3)CC1)CO2. The number of nitrogen functional groups attached to an aromatic ring is 1. The molecule has 0 radical (unpaired) electrons. The fourth-order valence-corrected chi connectivity index (χ4v) is 4.14. The summed E-state index contributed by atoms with van der Waals surface area (Å²) in [4.78, 5) is 17.4. The predicted octanol–water partition coefficient (Wildman–Crippen LogP) is 2.77. The molecule has 2 aliphatic heterocycles. The number of methoxy groups -OCH3 is 1. The lowest BCUT2D eigenvalue weighted by molar-refractivity contribution is -0.117. The van der Waals surface area contributed by atoms with Crippen molar-refractivity contribution in [2.24, 2.45) is 0 Å². The van der Waals surface area contributed by atoms with Crippen molar-refractivity contribution in [1.82, 2.24) is 10.2 Å². The molecule has 1 saturated heterocycles. The van der Waals surface area contributed by atoms with Gasteiger partial charge in [0.05, 0.1) is 12.7 Å². The van der Waals surface area contributed by atoms with Crippen LogP contribution < -0.4 is 25.4 Å². The number of fused-ring (bicyclic) bond motifs is 1. The Morgan fingerprint density at radius 3 is 2.75 bits per heavy atom. The molecule has 0 atom stereocenters. The number of benzene rings is 2. The average molecular weight is 437 g/mol. The van der Waals surface area contributed by atoms with Crippen LogP contribution in [0.3, 0.4) is 0 Å². The van der Waals surface area contributed by atoms with Crippen LogP contribution in [0.25, 0.3) is 6.08 Å². The Balaban J connectivity index is 1.15. The van der Waals surface area contributed by atoms with Crippen LogP contribution in [0.1, 0.15) is 18.4 Å². The van der Waals surface area contributed by atoms with Gasteiger partial charge in [-0.15, -0.1) is 0 Å². The number of carbonyl (C=O) groups excluding carboxylic acids is 1. The van der Waals surface area contributed by atoms with Gasteiger partial charge in [-0.3, -0.25) is 9.69 Å². The third kappa shape index (κ3) is 5.53. The van der Waals surface area contributed by atoms with Crippen molar-refractivity contribution < 1.29 is 14.3 Å². The molecule has 7 heteroatoms. The number of amides is 1. The molecule has 7 nitrogen and oxygen atoms in total. The maximum Gasteiger partial charge on any atom is 0.250 e. The van der Waals surface area contributed by atoms with Crippen molar-refractivity contribution in [1.29, 1.82) is 0 Å². The monoisotopic (exact) mass is 436 g/mol. The Labute approximate surface area is 189 Å². The van der Waals surface area contributed by atoms with Crippen LogP contribution in [0.4, 0.5) is 11.4 Å². The summed E-state index contributed by atoms with van der Waals surface area (Å²) in [5, 5.41) is 3.03. The molecule has 0 saturated carbocycles. The molecule has 32 heavy (non-hydrogen) atoms. The van der Waals surface area contributed by atoms with Gasteiger partial charge < -0.3 is 25.4 Å². The standard InChI is InChI=1S/C25H32N4O3/c1-31-23-7-8-24-19(16-23)15-20(18-32-24)25(30)27-9-2-3-10-28-11-13-29(14-12-28)22-6-4-5-21(26)17-22/h4-8,15-17H,2-3,9-14,18,26H2,1H3,(H,27,30). The van der Waals surface area contributed by atoms with Gasteiger partial charge in [-0.1, -0.05) is 6.07 Å². The number of nitrogens with zero attached hydrogens (tertiary/aromatic N) is 2. The van der Waals surface area contributed by atoms with Gasteiger partial charge in [-0.2, -0.15) is 0 Å². The Bertz CT molecular complexity index is 967. The van der Waals surface area contributed by atoms with Crippen LogP contribution in [0.15, 0.2) is 48.0 Å². The van der Waals surface area contributed by atoms with Gasteiger partial charge in [0.1, 0.15) is 18.1 Å². The first-order chi connectivity index (χ1) is 15.6. The first-order valence-electron chi connectivity index (χ1n) is 11.2. The molecular weight excluding hydrogens is 404 g/mol. The van der Waals surface area contributed by atoms with Crippen LogP contribution in [-0.4, -0.2) is 63.8 Å². The van der Waals surface area contributed by atoms with Gasteiger partial charge >= 0.3 is 0 Å². The van der Waals surface area contributed by atoms with E-state index in [1.807, 2.05) is 42.5 Å². The molecule has 1 amide bonds. The molecule has 2 heterocycles. The number of anilines is 2. The van der Waals surface area contributed by atoms with E-state index in [9.17, 15) is 4.79 Å². The Kier molecular flexibility index (Phi) is 7.17.